The molecule has 0 saturated heterocycles. The third-order valence-corrected chi connectivity index (χ3v) is 6.84. The first-order chi connectivity index (χ1) is 13.4. The fraction of sp³-hybridized carbons (Fsp3) is 0.700. The molecule has 0 unspecified atom stereocenters. The lowest BCUT2D eigenvalue weighted by atomic mass is 9.84. The Kier molecular flexibility index (Phi) is 4.89. The second kappa shape index (κ2) is 7.22. The van der Waals surface area contributed by atoms with Gasteiger partial charge in [0.2, 0.25) is 5.91 Å². The zero-order chi connectivity index (χ0) is 20.0. The van der Waals surface area contributed by atoms with Gasteiger partial charge in [-0.25, -0.2) is 9.78 Å². The van der Waals surface area contributed by atoms with Crippen molar-refractivity contribution in [1.82, 2.24) is 24.0 Å². The van der Waals surface area contributed by atoms with Crippen molar-refractivity contribution in [2.24, 2.45) is 31.8 Å². The van der Waals surface area contributed by atoms with Gasteiger partial charge < -0.3 is 9.88 Å². The molecule has 28 heavy (non-hydrogen) atoms. The molecule has 0 aromatic carbocycles. The summed E-state index contributed by atoms with van der Waals surface area (Å²) < 4.78 is 4.20. The average Bonchev–Trinajstić information content (AvgIpc) is 3.40. The van der Waals surface area contributed by atoms with Crippen LogP contribution in [0.3, 0.4) is 0 Å². The Morgan fingerprint density at radius 1 is 1.25 bits per heavy atom. The molecule has 8 nitrogen and oxygen atoms in total. The number of carbonyl (C=O) groups is 1. The summed E-state index contributed by atoms with van der Waals surface area (Å²) in [4.78, 5) is 41.0. The highest BCUT2D eigenvalue weighted by Crippen LogP contribution is 2.49. The van der Waals surface area contributed by atoms with E-state index in [1.165, 1.54) is 37.3 Å². The number of imidazole rings is 1. The second-order valence-corrected chi connectivity index (χ2v) is 8.61. The first-order valence-corrected chi connectivity index (χ1v) is 10.3. The van der Waals surface area contributed by atoms with Gasteiger partial charge in [-0.2, -0.15) is 0 Å². The van der Waals surface area contributed by atoms with E-state index < -0.39 is 5.69 Å². The number of amides is 1. The van der Waals surface area contributed by atoms with Crippen molar-refractivity contribution in [1.29, 1.82) is 0 Å². The Hall–Kier alpha value is -2.38. The van der Waals surface area contributed by atoms with E-state index in [0.717, 1.165) is 16.4 Å². The molecule has 2 aliphatic rings. The molecule has 0 radical (unpaired) electrons. The van der Waals surface area contributed by atoms with Gasteiger partial charge in [0.05, 0.1) is 6.33 Å². The predicted octanol–water partition coefficient (Wildman–Crippen LogP) is 1.15. The quantitative estimate of drug-likeness (QED) is 0.805. The second-order valence-electron chi connectivity index (χ2n) is 8.61. The Balaban J connectivity index is 1.36. The van der Waals surface area contributed by atoms with Crippen molar-refractivity contribution in [2.75, 3.05) is 0 Å². The van der Waals surface area contributed by atoms with Gasteiger partial charge in [0, 0.05) is 33.1 Å². The molecular formula is C20H29N5O3. The largest absolute Gasteiger partial charge is 0.353 e. The Bertz CT molecular complexity index is 1020. The average molecular weight is 387 g/mol. The summed E-state index contributed by atoms with van der Waals surface area (Å²) in [6.45, 7) is 2.65. The summed E-state index contributed by atoms with van der Waals surface area (Å²) in [5.41, 5.74) is 0.0320. The summed E-state index contributed by atoms with van der Waals surface area (Å²) in [5, 5.41) is 3.19. The van der Waals surface area contributed by atoms with Crippen LogP contribution in [0.4, 0.5) is 0 Å². The zero-order valence-corrected chi connectivity index (χ0v) is 16.9. The third kappa shape index (κ3) is 3.18. The maximum absolute atomic E-state index is 12.4. The van der Waals surface area contributed by atoms with Crippen LogP contribution >= 0.6 is 0 Å². The van der Waals surface area contributed by atoms with Crippen LogP contribution < -0.4 is 16.6 Å². The minimum Gasteiger partial charge on any atom is -0.353 e. The van der Waals surface area contributed by atoms with E-state index in [2.05, 4.69) is 17.2 Å². The van der Waals surface area contributed by atoms with E-state index in [1.807, 2.05) is 0 Å². The monoisotopic (exact) mass is 387 g/mol. The van der Waals surface area contributed by atoms with Crippen LogP contribution in [0.5, 0.6) is 0 Å². The number of hydrogen-bond acceptors (Lipinski definition) is 4. The van der Waals surface area contributed by atoms with E-state index in [4.69, 9.17) is 0 Å². The summed E-state index contributed by atoms with van der Waals surface area (Å²) in [6.07, 6.45) is 7.89. The van der Waals surface area contributed by atoms with Crippen LogP contribution in [0.1, 0.15) is 45.4 Å². The summed E-state index contributed by atoms with van der Waals surface area (Å²) in [5.74, 6) is 2.37. The van der Waals surface area contributed by atoms with E-state index in [-0.39, 0.29) is 17.5 Å². The van der Waals surface area contributed by atoms with Crippen LogP contribution in [-0.4, -0.2) is 30.6 Å². The van der Waals surface area contributed by atoms with Crippen molar-refractivity contribution < 1.29 is 4.79 Å². The SMILES string of the molecule is C[C@H](NC(=O)CCCn1cnc2c1c(=O)n(C)c(=O)n2C)[C@H]1C[C@H]2CC[C@H]1C2. The van der Waals surface area contributed by atoms with Crippen LogP contribution in [0, 0.1) is 17.8 Å². The van der Waals surface area contributed by atoms with Crippen LogP contribution in [0.25, 0.3) is 11.2 Å². The molecule has 2 saturated carbocycles. The van der Waals surface area contributed by atoms with Gasteiger partial charge in [-0.3, -0.25) is 18.7 Å². The fourth-order valence-electron chi connectivity index (χ4n) is 5.32. The molecular weight excluding hydrogens is 358 g/mol. The molecule has 2 aliphatic carbocycles. The predicted molar refractivity (Wildman–Crippen MR) is 106 cm³/mol. The first-order valence-electron chi connectivity index (χ1n) is 10.3. The first kappa shape index (κ1) is 19.0. The highest BCUT2D eigenvalue weighted by atomic mass is 16.2. The van der Waals surface area contributed by atoms with Crippen molar-refractivity contribution in [3.63, 3.8) is 0 Å². The molecule has 0 aliphatic heterocycles. The normalized spacial score (nSPS) is 24.8. The van der Waals surface area contributed by atoms with Crippen molar-refractivity contribution in [2.45, 2.75) is 58.0 Å². The number of fused-ring (bicyclic) bond motifs is 3. The third-order valence-electron chi connectivity index (χ3n) is 6.84. The number of carbonyl (C=O) groups excluding carboxylic acids is 1. The Morgan fingerprint density at radius 2 is 2.04 bits per heavy atom. The lowest BCUT2D eigenvalue weighted by molar-refractivity contribution is -0.122. The zero-order valence-electron chi connectivity index (χ0n) is 16.9. The van der Waals surface area contributed by atoms with Crippen molar-refractivity contribution >= 4 is 17.1 Å². The molecule has 0 spiro atoms. The van der Waals surface area contributed by atoms with Gasteiger partial charge in [-0.1, -0.05) is 6.42 Å². The molecule has 2 aromatic rings. The van der Waals surface area contributed by atoms with Gasteiger partial charge >= 0.3 is 5.69 Å². The topological polar surface area (TPSA) is 90.9 Å². The van der Waals surface area contributed by atoms with Gasteiger partial charge in [-0.15, -0.1) is 0 Å². The summed E-state index contributed by atoms with van der Waals surface area (Å²) in [6, 6.07) is 0.235. The maximum Gasteiger partial charge on any atom is 0.332 e. The molecule has 2 bridgehead atoms. The fourth-order valence-corrected chi connectivity index (χ4v) is 5.32. The number of nitrogens with one attached hydrogen (secondary N) is 1. The number of aromatic nitrogens is 4. The molecule has 4 rings (SSSR count). The van der Waals surface area contributed by atoms with E-state index >= 15 is 0 Å². The highest BCUT2D eigenvalue weighted by Gasteiger charge is 2.42. The summed E-state index contributed by atoms with van der Waals surface area (Å²) in [7, 11) is 3.07. The molecule has 2 fully saturated rings. The number of hydrogen-bond donors (Lipinski definition) is 1. The molecule has 2 heterocycles. The smallest absolute Gasteiger partial charge is 0.332 e. The highest BCUT2D eigenvalue weighted by molar-refractivity contribution is 5.76. The lowest BCUT2D eigenvalue weighted by Gasteiger charge is -2.28. The number of nitrogens with zero attached hydrogens (tertiary/aromatic N) is 4. The van der Waals surface area contributed by atoms with E-state index in [0.29, 0.717) is 36.5 Å². The van der Waals surface area contributed by atoms with E-state index in [1.54, 1.807) is 17.9 Å². The van der Waals surface area contributed by atoms with Crippen molar-refractivity contribution in [3.8, 4) is 0 Å². The number of rotatable bonds is 6. The minimum atomic E-state index is -0.392. The number of aryl methyl sites for hydroxylation is 2. The van der Waals surface area contributed by atoms with E-state index in [9.17, 15) is 14.4 Å². The Morgan fingerprint density at radius 3 is 2.71 bits per heavy atom. The maximum atomic E-state index is 12.4. The standard InChI is InChI=1S/C20H29N5O3/c1-12(15-10-13-6-7-14(15)9-13)22-16(26)5-4-8-25-11-21-18-17(25)19(27)24(3)20(28)23(18)2/h11-15H,4-10H2,1-3H3,(H,22,26)/t12-,13-,14-,15+/m0/s1. The lowest BCUT2D eigenvalue weighted by Crippen LogP contribution is -2.40. The van der Waals surface area contributed by atoms with Gasteiger partial charge in [0.15, 0.2) is 11.2 Å². The van der Waals surface area contributed by atoms with Crippen LogP contribution in [0.2, 0.25) is 0 Å². The molecule has 1 amide bonds. The molecule has 4 atom stereocenters. The molecule has 1 N–H and O–H groups in total. The van der Waals surface area contributed by atoms with Gasteiger partial charge in [-0.05, 0) is 50.4 Å². The molecule has 2 aromatic heterocycles. The van der Waals surface area contributed by atoms with Gasteiger partial charge in [0.25, 0.3) is 5.56 Å². The minimum absolute atomic E-state index is 0.0694. The molecule has 152 valence electrons. The van der Waals surface area contributed by atoms with Crippen LogP contribution in [0.15, 0.2) is 15.9 Å². The Labute approximate surface area is 163 Å². The van der Waals surface area contributed by atoms with Gasteiger partial charge in [0.1, 0.15) is 0 Å². The van der Waals surface area contributed by atoms with Crippen LogP contribution in [-0.2, 0) is 25.4 Å². The molecule has 8 heteroatoms. The van der Waals surface area contributed by atoms with Crippen molar-refractivity contribution in [3.05, 3.63) is 27.2 Å². The summed E-state index contributed by atoms with van der Waals surface area (Å²) >= 11 is 0.